The van der Waals surface area contributed by atoms with Crippen molar-refractivity contribution in [3.05, 3.63) is 0 Å². The third-order valence-corrected chi connectivity index (χ3v) is 5.35. The summed E-state index contributed by atoms with van der Waals surface area (Å²) in [6.07, 6.45) is 2.97. The van der Waals surface area contributed by atoms with Crippen molar-refractivity contribution in [3.8, 4) is 0 Å². The molecule has 1 N–H and O–H groups in total. The summed E-state index contributed by atoms with van der Waals surface area (Å²) in [5.74, 6) is 0.474. The first-order chi connectivity index (χ1) is 6.08. The number of hydrogen-bond acceptors (Lipinski definition) is 2. The molecule has 1 saturated heterocycles. The van der Waals surface area contributed by atoms with Gasteiger partial charge in [0.1, 0.15) is 0 Å². The maximum atomic E-state index is 13.7. The van der Waals surface area contributed by atoms with Crippen LogP contribution in [-0.2, 0) is 10.8 Å². The molecule has 0 amide bonds. The third kappa shape index (κ3) is 1.66. The van der Waals surface area contributed by atoms with Gasteiger partial charge in [-0.3, -0.25) is 9.53 Å². The summed E-state index contributed by atoms with van der Waals surface area (Å²) in [7, 11) is 1.08. The van der Waals surface area contributed by atoms with Gasteiger partial charge in [-0.05, 0) is 38.1 Å². The highest BCUT2D eigenvalue weighted by Crippen LogP contribution is 2.47. The molecule has 0 aromatic heterocycles. The topological polar surface area (TPSA) is 29.1 Å². The summed E-state index contributed by atoms with van der Waals surface area (Å²) >= 11 is 0. The molecule has 0 bridgehead atoms. The molecule has 76 valence electrons. The van der Waals surface area contributed by atoms with E-state index in [-0.39, 0.29) is 5.41 Å². The van der Waals surface area contributed by atoms with Crippen molar-refractivity contribution in [3.63, 3.8) is 0 Å². The van der Waals surface area contributed by atoms with Crippen LogP contribution in [-0.4, -0.2) is 28.6 Å². The van der Waals surface area contributed by atoms with E-state index in [1.807, 2.05) is 0 Å². The van der Waals surface area contributed by atoms with Crippen LogP contribution in [0, 0.1) is 5.41 Å². The predicted octanol–water partition coefficient (Wildman–Crippen LogP) is 1.19. The number of hydrogen-bond donors (Lipinski definition) is 1. The van der Waals surface area contributed by atoms with Gasteiger partial charge in [-0.1, -0.05) is 0 Å². The Labute approximate surface area is 80.7 Å². The number of nitrogens with one attached hydrogen (secondary N) is 1. The largest absolute Gasteiger partial charge is 0.288 e. The van der Waals surface area contributed by atoms with Gasteiger partial charge in [-0.2, -0.15) is 0 Å². The fourth-order valence-electron chi connectivity index (χ4n) is 2.36. The molecule has 1 aliphatic heterocycles. The lowest BCUT2D eigenvalue weighted by molar-refractivity contribution is 0.0296. The van der Waals surface area contributed by atoms with E-state index >= 15 is 0 Å². The molecule has 1 spiro atoms. The van der Waals surface area contributed by atoms with E-state index in [2.05, 4.69) is 5.32 Å². The molecular weight excluding hydrogens is 189 g/mol. The first-order valence-electron chi connectivity index (χ1n) is 4.80. The normalized spacial score (nSPS) is 50.5. The molecule has 0 radical (unpaired) electrons. The maximum absolute atomic E-state index is 13.7. The zero-order valence-corrected chi connectivity index (χ0v) is 8.75. The molecule has 4 heteroatoms. The van der Waals surface area contributed by atoms with Crippen LogP contribution in [0.15, 0.2) is 0 Å². The quantitative estimate of drug-likeness (QED) is 0.652. The molecule has 0 aromatic rings. The van der Waals surface area contributed by atoms with Crippen molar-refractivity contribution < 1.29 is 8.60 Å². The monoisotopic (exact) mass is 205 g/mol. The van der Waals surface area contributed by atoms with E-state index in [0.717, 1.165) is 24.3 Å². The van der Waals surface area contributed by atoms with Crippen LogP contribution in [0.2, 0.25) is 0 Å². The fourth-order valence-corrected chi connectivity index (χ4v) is 4.21. The average Bonchev–Trinajstić information content (AvgIpc) is 2.08. The van der Waals surface area contributed by atoms with Gasteiger partial charge in [0.15, 0.2) is 5.79 Å². The van der Waals surface area contributed by atoms with E-state index < -0.39 is 16.6 Å². The molecule has 2 rings (SSSR count). The van der Waals surface area contributed by atoms with Gasteiger partial charge < -0.3 is 0 Å². The Bertz CT molecular complexity index is 226. The van der Waals surface area contributed by atoms with Crippen molar-refractivity contribution in [1.29, 1.82) is 0 Å². The van der Waals surface area contributed by atoms with Crippen LogP contribution in [0.1, 0.15) is 25.7 Å². The summed E-state index contributed by atoms with van der Waals surface area (Å²) in [6, 6.07) is 0. The van der Waals surface area contributed by atoms with Crippen molar-refractivity contribution in [1.82, 2.24) is 5.32 Å². The number of halogens is 1. The van der Waals surface area contributed by atoms with Crippen molar-refractivity contribution in [2.45, 2.75) is 31.5 Å². The summed E-state index contributed by atoms with van der Waals surface area (Å²) in [5, 5.41) is 2.73. The van der Waals surface area contributed by atoms with Crippen LogP contribution in [0.25, 0.3) is 0 Å². The fraction of sp³-hybridized carbons (Fsp3) is 1.00. The van der Waals surface area contributed by atoms with Gasteiger partial charge in [-0.25, -0.2) is 4.39 Å². The summed E-state index contributed by atoms with van der Waals surface area (Å²) in [6.45, 7) is 0. The Morgan fingerprint density at radius 3 is 2.15 bits per heavy atom. The van der Waals surface area contributed by atoms with Gasteiger partial charge in [0.2, 0.25) is 0 Å². The van der Waals surface area contributed by atoms with Crippen LogP contribution in [0.4, 0.5) is 4.39 Å². The summed E-state index contributed by atoms with van der Waals surface area (Å²) < 4.78 is 24.7. The third-order valence-electron chi connectivity index (χ3n) is 3.49. The Kier molecular flexibility index (Phi) is 2.23. The van der Waals surface area contributed by atoms with Crippen LogP contribution in [0.5, 0.6) is 0 Å². The molecule has 0 unspecified atom stereocenters. The molecule has 1 aliphatic carbocycles. The second-order valence-electron chi connectivity index (χ2n) is 4.44. The maximum Gasteiger partial charge on any atom is 0.161 e. The summed E-state index contributed by atoms with van der Waals surface area (Å²) in [5.41, 5.74) is 0.247. The lowest BCUT2D eigenvalue weighted by atomic mass is 9.73. The van der Waals surface area contributed by atoms with E-state index in [1.165, 1.54) is 0 Å². The second kappa shape index (κ2) is 3.02. The van der Waals surface area contributed by atoms with Gasteiger partial charge in [0.05, 0.1) is 0 Å². The minimum absolute atomic E-state index is 0.247. The minimum atomic E-state index is -1.15. The molecule has 0 atom stereocenters. The van der Waals surface area contributed by atoms with Gasteiger partial charge in [0.25, 0.3) is 0 Å². The van der Waals surface area contributed by atoms with Crippen molar-refractivity contribution in [2.24, 2.45) is 5.41 Å². The van der Waals surface area contributed by atoms with E-state index in [0.29, 0.717) is 12.8 Å². The molecule has 2 fully saturated rings. The predicted molar refractivity (Wildman–Crippen MR) is 51.7 cm³/mol. The average molecular weight is 205 g/mol. The van der Waals surface area contributed by atoms with Gasteiger partial charge >= 0.3 is 0 Å². The van der Waals surface area contributed by atoms with E-state index in [9.17, 15) is 8.60 Å². The molecule has 13 heavy (non-hydrogen) atoms. The molecule has 0 aromatic carbocycles. The highest BCUT2D eigenvalue weighted by molar-refractivity contribution is 7.86. The first kappa shape index (κ1) is 9.59. The lowest BCUT2D eigenvalue weighted by Gasteiger charge is -2.47. The molecular formula is C9H16FNOS. The number of rotatable bonds is 1. The molecule has 2 aliphatic rings. The molecule has 2 nitrogen and oxygen atoms in total. The van der Waals surface area contributed by atoms with Gasteiger partial charge in [0, 0.05) is 22.3 Å². The van der Waals surface area contributed by atoms with E-state index in [4.69, 9.17) is 0 Å². The Hall–Kier alpha value is 0.0400. The van der Waals surface area contributed by atoms with E-state index in [1.54, 1.807) is 7.05 Å². The SMILES string of the molecule is CNC1(F)CCC2(CC1)CS(=O)C2. The second-order valence-corrected chi connectivity index (χ2v) is 5.90. The van der Waals surface area contributed by atoms with Crippen LogP contribution < -0.4 is 5.32 Å². The standard InChI is InChI=1S/C9H16FNOS/c1-11-9(10)4-2-8(3-5-9)6-13(12)7-8/h11H,2-7H2,1H3. The Balaban J connectivity index is 1.93. The molecule has 1 heterocycles. The van der Waals surface area contributed by atoms with Crippen molar-refractivity contribution in [2.75, 3.05) is 18.6 Å². The lowest BCUT2D eigenvalue weighted by Crippen LogP contribution is -2.52. The Morgan fingerprint density at radius 2 is 1.77 bits per heavy atom. The first-order valence-corrected chi connectivity index (χ1v) is 6.29. The highest BCUT2D eigenvalue weighted by atomic mass is 32.2. The van der Waals surface area contributed by atoms with Crippen molar-refractivity contribution >= 4 is 10.8 Å². The Morgan fingerprint density at radius 1 is 1.23 bits per heavy atom. The smallest absolute Gasteiger partial charge is 0.161 e. The summed E-state index contributed by atoms with van der Waals surface area (Å²) in [4.78, 5) is 0. The van der Waals surface area contributed by atoms with Gasteiger partial charge in [-0.15, -0.1) is 0 Å². The van der Waals surface area contributed by atoms with Crippen LogP contribution >= 0.6 is 0 Å². The number of alkyl halides is 1. The molecule has 1 saturated carbocycles. The zero-order valence-electron chi connectivity index (χ0n) is 7.94. The van der Waals surface area contributed by atoms with Crippen LogP contribution in [0.3, 0.4) is 0 Å². The highest BCUT2D eigenvalue weighted by Gasteiger charge is 2.48. The minimum Gasteiger partial charge on any atom is -0.288 e. The zero-order chi connectivity index (χ0) is 9.53.